The van der Waals surface area contributed by atoms with E-state index < -0.39 is 0 Å². The third kappa shape index (κ3) is 3.19. The molecule has 0 bridgehead atoms. The maximum Gasteiger partial charge on any atom is 0.180 e. The number of nitrogens with two attached hydrogens (primary N) is 1. The Hall–Kier alpha value is -0.610. The van der Waals surface area contributed by atoms with Crippen molar-refractivity contribution in [2.75, 3.05) is 18.8 Å². The van der Waals surface area contributed by atoms with Gasteiger partial charge in [-0.3, -0.25) is 0 Å². The highest BCUT2D eigenvalue weighted by molar-refractivity contribution is 7.13. The van der Waals surface area contributed by atoms with Crippen molar-refractivity contribution in [3.8, 4) is 0 Å². The van der Waals surface area contributed by atoms with Gasteiger partial charge in [-0.05, 0) is 24.7 Å². The molecule has 0 spiro atoms. The van der Waals surface area contributed by atoms with Crippen LogP contribution >= 0.6 is 11.3 Å². The van der Waals surface area contributed by atoms with Crippen molar-refractivity contribution in [2.24, 2.45) is 5.41 Å². The molecule has 90 valence electrons. The minimum Gasteiger partial charge on any atom is -0.375 e. The van der Waals surface area contributed by atoms with Gasteiger partial charge in [-0.1, -0.05) is 13.3 Å². The van der Waals surface area contributed by atoms with Crippen LogP contribution in [0.3, 0.4) is 0 Å². The quantitative estimate of drug-likeness (QED) is 0.719. The molecule has 0 amide bonds. The second-order valence-corrected chi connectivity index (χ2v) is 5.74. The van der Waals surface area contributed by atoms with Gasteiger partial charge in [-0.2, -0.15) is 0 Å². The number of anilines is 1. The predicted octanol–water partition coefficient (Wildman–Crippen LogP) is 2.44. The van der Waals surface area contributed by atoms with Crippen molar-refractivity contribution in [3.63, 3.8) is 0 Å². The van der Waals surface area contributed by atoms with Crippen molar-refractivity contribution in [3.05, 3.63) is 11.1 Å². The van der Waals surface area contributed by atoms with E-state index in [9.17, 15) is 0 Å². The lowest BCUT2D eigenvalue weighted by atomic mass is 10.0. The number of nitrogens with one attached hydrogen (secondary N) is 1. The fourth-order valence-electron chi connectivity index (χ4n) is 2.23. The second-order valence-electron chi connectivity index (χ2n) is 4.85. The van der Waals surface area contributed by atoms with Crippen molar-refractivity contribution < 1.29 is 0 Å². The summed E-state index contributed by atoms with van der Waals surface area (Å²) in [5.41, 5.74) is 7.36. The molecule has 0 saturated heterocycles. The molecule has 4 heteroatoms. The summed E-state index contributed by atoms with van der Waals surface area (Å²) in [4.78, 5) is 4.25. The zero-order chi connectivity index (χ0) is 11.4. The molecule has 1 aromatic rings. The van der Waals surface area contributed by atoms with E-state index in [1.54, 1.807) is 0 Å². The predicted molar refractivity (Wildman–Crippen MR) is 69.7 cm³/mol. The summed E-state index contributed by atoms with van der Waals surface area (Å²) in [5.74, 6) is 0. The normalized spacial score (nSPS) is 17.6. The third-order valence-electron chi connectivity index (χ3n) is 3.36. The lowest BCUT2D eigenvalue weighted by Crippen LogP contribution is -2.26. The van der Waals surface area contributed by atoms with E-state index in [0.29, 0.717) is 10.5 Å². The molecule has 1 saturated carbocycles. The number of nitrogens with zero attached hydrogens (tertiary/aromatic N) is 1. The molecular weight excluding hydrogens is 218 g/mol. The maximum atomic E-state index is 5.59. The fraction of sp³-hybridized carbons (Fsp3) is 0.750. The van der Waals surface area contributed by atoms with Gasteiger partial charge >= 0.3 is 0 Å². The van der Waals surface area contributed by atoms with Crippen LogP contribution in [0, 0.1) is 5.41 Å². The summed E-state index contributed by atoms with van der Waals surface area (Å²) in [6, 6.07) is 0. The van der Waals surface area contributed by atoms with Gasteiger partial charge in [-0.25, -0.2) is 4.98 Å². The first-order valence-corrected chi connectivity index (χ1v) is 7.03. The van der Waals surface area contributed by atoms with Crippen LogP contribution in [-0.2, 0) is 6.42 Å². The minimum absolute atomic E-state index is 0.649. The van der Waals surface area contributed by atoms with Crippen LogP contribution < -0.4 is 11.1 Å². The van der Waals surface area contributed by atoms with Crippen LogP contribution in [0.1, 0.15) is 38.3 Å². The zero-order valence-electron chi connectivity index (χ0n) is 9.96. The van der Waals surface area contributed by atoms with Crippen molar-refractivity contribution in [1.29, 1.82) is 0 Å². The summed E-state index contributed by atoms with van der Waals surface area (Å²) in [6.07, 6.45) is 6.51. The molecule has 1 aromatic heterocycles. The van der Waals surface area contributed by atoms with E-state index in [1.807, 2.05) is 0 Å². The summed E-state index contributed by atoms with van der Waals surface area (Å²) < 4.78 is 0. The van der Waals surface area contributed by atoms with Crippen molar-refractivity contribution >= 4 is 16.5 Å². The highest BCUT2D eigenvalue weighted by atomic mass is 32.1. The van der Waals surface area contributed by atoms with E-state index in [1.165, 1.54) is 43.6 Å². The molecule has 0 radical (unpaired) electrons. The fourth-order valence-corrected chi connectivity index (χ4v) is 2.83. The largest absolute Gasteiger partial charge is 0.375 e. The van der Waals surface area contributed by atoms with Crippen LogP contribution in [0.15, 0.2) is 5.38 Å². The molecule has 3 N–H and O–H groups in total. The number of hydrogen-bond donors (Lipinski definition) is 2. The van der Waals surface area contributed by atoms with Gasteiger partial charge in [0.2, 0.25) is 0 Å². The summed E-state index contributed by atoms with van der Waals surface area (Å²) in [5, 5.41) is 6.29. The van der Waals surface area contributed by atoms with Gasteiger partial charge in [0.15, 0.2) is 5.13 Å². The monoisotopic (exact) mass is 239 g/mol. The number of thiazole rings is 1. The number of aromatic nitrogens is 1. The molecule has 0 aromatic carbocycles. The maximum absolute atomic E-state index is 5.59. The van der Waals surface area contributed by atoms with Gasteiger partial charge in [0, 0.05) is 24.9 Å². The molecule has 0 atom stereocenters. The van der Waals surface area contributed by atoms with E-state index in [0.717, 1.165) is 18.7 Å². The Kier molecular flexibility index (Phi) is 3.82. The zero-order valence-corrected chi connectivity index (χ0v) is 10.8. The average Bonchev–Trinajstić information content (AvgIpc) is 2.90. The van der Waals surface area contributed by atoms with Crippen LogP contribution in [0.5, 0.6) is 0 Å². The first kappa shape index (κ1) is 11.9. The molecule has 3 nitrogen and oxygen atoms in total. The molecule has 1 aliphatic carbocycles. The van der Waals surface area contributed by atoms with Gasteiger partial charge < -0.3 is 11.1 Å². The Balaban J connectivity index is 1.62. The molecule has 0 unspecified atom stereocenters. The van der Waals surface area contributed by atoms with Crippen molar-refractivity contribution in [2.45, 2.75) is 39.0 Å². The van der Waals surface area contributed by atoms with E-state index in [2.05, 4.69) is 22.6 Å². The second kappa shape index (κ2) is 5.15. The van der Waals surface area contributed by atoms with Gasteiger partial charge in [0.1, 0.15) is 0 Å². The molecule has 1 aliphatic rings. The van der Waals surface area contributed by atoms with Gasteiger partial charge in [0.25, 0.3) is 0 Å². The van der Waals surface area contributed by atoms with Crippen LogP contribution in [0.4, 0.5) is 5.13 Å². The molecule has 1 heterocycles. The van der Waals surface area contributed by atoms with Crippen LogP contribution in [0.25, 0.3) is 0 Å². The molecular formula is C12H21N3S. The first-order valence-electron chi connectivity index (χ1n) is 6.15. The Morgan fingerprint density at radius 1 is 1.56 bits per heavy atom. The first-order chi connectivity index (χ1) is 7.74. The molecule has 0 aliphatic heterocycles. The Morgan fingerprint density at radius 3 is 2.94 bits per heavy atom. The van der Waals surface area contributed by atoms with E-state index in [-0.39, 0.29) is 0 Å². The van der Waals surface area contributed by atoms with Crippen LogP contribution in [0.2, 0.25) is 0 Å². The lowest BCUT2D eigenvalue weighted by molar-refractivity contribution is 0.423. The minimum atomic E-state index is 0.649. The average molecular weight is 239 g/mol. The molecule has 2 rings (SSSR count). The molecule has 16 heavy (non-hydrogen) atoms. The van der Waals surface area contributed by atoms with Crippen LogP contribution in [-0.4, -0.2) is 18.1 Å². The smallest absolute Gasteiger partial charge is 0.180 e. The Morgan fingerprint density at radius 2 is 2.38 bits per heavy atom. The lowest BCUT2D eigenvalue weighted by Gasteiger charge is -2.14. The number of nitrogen functional groups attached to an aromatic ring is 1. The summed E-state index contributed by atoms with van der Waals surface area (Å²) in [6.45, 7) is 4.48. The highest BCUT2D eigenvalue weighted by Gasteiger charge is 2.40. The van der Waals surface area contributed by atoms with Gasteiger partial charge in [0.05, 0.1) is 5.69 Å². The third-order valence-corrected chi connectivity index (χ3v) is 4.09. The standard InChI is InChI=1S/C12H21N3S/c1-2-4-12(5-6-12)9-14-7-3-10-8-16-11(13)15-10/h8,14H,2-7,9H2,1H3,(H2,13,15). The van der Waals surface area contributed by atoms with Crippen molar-refractivity contribution in [1.82, 2.24) is 10.3 Å². The number of hydrogen-bond acceptors (Lipinski definition) is 4. The van der Waals surface area contributed by atoms with Gasteiger partial charge in [-0.15, -0.1) is 11.3 Å². The van der Waals surface area contributed by atoms with E-state index in [4.69, 9.17) is 5.73 Å². The number of rotatable bonds is 7. The topological polar surface area (TPSA) is 50.9 Å². The Labute approximate surface area is 101 Å². The molecule has 1 fully saturated rings. The summed E-state index contributed by atoms with van der Waals surface area (Å²) in [7, 11) is 0. The SMILES string of the molecule is CCCC1(CNCCc2csc(N)n2)CC1. The van der Waals surface area contributed by atoms with E-state index >= 15 is 0 Å². The summed E-state index contributed by atoms with van der Waals surface area (Å²) >= 11 is 1.53. The Bertz CT molecular complexity index is 331. The highest BCUT2D eigenvalue weighted by Crippen LogP contribution is 2.48.